The van der Waals surface area contributed by atoms with Crippen LogP contribution in [0.15, 0.2) is 24.3 Å². The molecule has 0 fully saturated rings. The molecule has 0 aliphatic heterocycles. The molecule has 0 heterocycles. The summed E-state index contributed by atoms with van der Waals surface area (Å²) < 4.78 is 5.56. The van der Waals surface area contributed by atoms with Crippen molar-refractivity contribution in [3.8, 4) is 5.75 Å². The van der Waals surface area contributed by atoms with Crippen molar-refractivity contribution in [1.29, 1.82) is 0 Å². The Bertz CT molecular complexity index is 391. The van der Waals surface area contributed by atoms with Gasteiger partial charge in [0.05, 0.1) is 0 Å². The van der Waals surface area contributed by atoms with Crippen LogP contribution in [0, 0.1) is 0 Å². The summed E-state index contributed by atoms with van der Waals surface area (Å²) in [5.74, 6) is 0.696. The van der Waals surface area contributed by atoms with Gasteiger partial charge in [0.15, 0.2) is 6.61 Å². The average molecular weight is 250 g/mol. The monoisotopic (exact) mass is 250 g/mol. The Morgan fingerprint density at radius 2 is 2.06 bits per heavy atom. The Morgan fingerprint density at radius 1 is 1.39 bits per heavy atom. The molecule has 0 bridgehead atoms. The molecule has 0 spiro atoms. The fourth-order valence-corrected chi connectivity index (χ4v) is 1.51. The van der Waals surface area contributed by atoms with E-state index < -0.39 is 0 Å². The van der Waals surface area contributed by atoms with Crippen LogP contribution < -0.4 is 10.5 Å². The molecule has 1 aromatic carbocycles. The molecule has 1 amide bonds. The Balaban J connectivity index is 2.67. The predicted octanol–water partition coefficient (Wildman–Crippen LogP) is 1.43. The number of nitrogens with zero attached hydrogens (tertiary/aromatic N) is 1. The number of carbonyl (C=O) groups is 1. The Hall–Kier alpha value is -1.55. The molecule has 18 heavy (non-hydrogen) atoms. The van der Waals surface area contributed by atoms with E-state index in [1.54, 1.807) is 14.1 Å². The van der Waals surface area contributed by atoms with Crippen molar-refractivity contribution in [3.05, 3.63) is 29.8 Å². The summed E-state index contributed by atoms with van der Waals surface area (Å²) in [7, 11) is 3.43. The molecule has 0 aliphatic rings. The smallest absolute Gasteiger partial charge is 0.259 e. The van der Waals surface area contributed by atoms with Crippen LogP contribution in [0.2, 0.25) is 0 Å². The van der Waals surface area contributed by atoms with Crippen molar-refractivity contribution in [3.63, 3.8) is 0 Å². The quantitative estimate of drug-likeness (QED) is 0.831. The van der Waals surface area contributed by atoms with Gasteiger partial charge in [0.2, 0.25) is 0 Å². The van der Waals surface area contributed by atoms with Crippen molar-refractivity contribution in [2.24, 2.45) is 5.73 Å². The molecule has 1 aromatic rings. The molecule has 4 heteroatoms. The maximum atomic E-state index is 11.5. The maximum absolute atomic E-state index is 11.5. The Morgan fingerprint density at radius 3 is 2.67 bits per heavy atom. The van der Waals surface area contributed by atoms with Crippen molar-refractivity contribution in [2.45, 2.75) is 25.8 Å². The number of amides is 1. The van der Waals surface area contributed by atoms with Crippen LogP contribution in [0.3, 0.4) is 0 Å². The third kappa shape index (κ3) is 4.37. The first-order valence-corrected chi connectivity index (χ1v) is 6.21. The minimum atomic E-state index is -0.0513. The molecule has 1 rings (SSSR count). The van der Waals surface area contributed by atoms with Gasteiger partial charge in [0, 0.05) is 20.1 Å². The number of hydrogen-bond acceptors (Lipinski definition) is 3. The topological polar surface area (TPSA) is 55.6 Å². The van der Waals surface area contributed by atoms with Gasteiger partial charge in [-0.1, -0.05) is 25.1 Å². The second kappa shape index (κ2) is 7.01. The lowest BCUT2D eigenvalue weighted by Gasteiger charge is -2.15. The highest BCUT2D eigenvalue weighted by molar-refractivity contribution is 5.77. The zero-order valence-electron chi connectivity index (χ0n) is 11.3. The average Bonchev–Trinajstić information content (AvgIpc) is 2.37. The second-order valence-corrected chi connectivity index (χ2v) is 4.56. The van der Waals surface area contributed by atoms with Gasteiger partial charge in [-0.05, 0) is 24.5 Å². The minimum absolute atomic E-state index is 0.0513. The summed E-state index contributed by atoms with van der Waals surface area (Å²) in [4.78, 5) is 13.0. The predicted molar refractivity (Wildman–Crippen MR) is 72.6 cm³/mol. The van der Waals surface area contributed by atoms with Crippen molar-refractivity contribution in [2.75, 3.05) is 20.7 Å². The molecular weight excluding hydrogens is 228 g/mol. The van der Waals surface area contributed by atoms with Gasteiger partial charge in [-0.2, -0.15) is 0 Å². The van der Waals surface area contributed by atoms with Crippen LogP contribution in [-0.2, 0) is 11.2 Å². The highest BCUT2D eigenvalue weighted by Gasteiger charge is 2.10. The van der Waals surface area contributed by atoms with Crippen LogP contribution in [0.4, 0.5) is 0 Å². The third-order valence-corrected chi connectivity index (χ3v) is 2.83. The summed E-state index contributed by atoms with van der Waals surface area (Å²) in [6, 6.07) is 7.85. The largest absolute Gasteiger partial charge is 0.483 e. The molecular formula is C14H22N2O2. The lowest BCUT2D eigenvalue weighted by molar-refractivity contribution is -0.130. The second-order valence-electron chi connectivity index (χ2n) is 4.56. The lowest BCUT2D eigenvalue weighted by Crippen LogP contribution is -2.28. The summed E-state index contributed by atoms with van der Waals surface area (Å²) in [6.07, 6.45) is 1.69. The fraction of sp³-hybridized carbons (Fsp3) is 0.500. The lowest BCUT2D eigenvalue weighted by atomic mass is 10.0. The van der Waals surface area contributed by atoms with Crippen LogP contribution in [0.1, 0.15) is 18.9 Å². The maximum Gasteiger partial charge on any atom is 0.259 e. The zero-order valence-corrected chi connectivity index (χ0v) is 11.3. The van der Waals surface area contributed by atoms with Gasteiger partial charge in [0.1, 0.15) is 5.75 Å². The Kier molecular flexibility index (Phi) is 5.65. The molecule has 0 aromatic heterocycles. The van der Waals surface area contributed by atoms with E-state index >= 15 is 0 Å². The Labute approximate surface area is 109 Å². The molecule has 4 nitrogen and oxygen atoms in total. The summed E-state index contributed by atoms with van der Waals surface area (Å²) in [5, 5.41) is 0. The zero-order chi connectivity index (χ0) is 13.5. The van der Waals surface area contributed by atoms with Crippen molar-refractivity contribution < 1.29 is 9.53 Å². The summed E-state index contributed by atoms with van der Waals surface area (Å²) in [6.45, 7) is 2.12. The van der Waals surface area contributed by atoms with E-state index in [0.29, 0.717) is 0 Å². The van der Waals surface area contributed by atoms with Gasteiger partial charge >= 0.3 is 0 Å². The molecule has 0 saturated carbocycles. The van der Waals surface area contributed by atoms with Crippen LogP contribution in [-0.4, -0.2) is 37.6 Å². The summed E-state index contributed by atoms with van der Waals surface area (Å²) >= 11 is 0. The number of nitrogens with two attached hydrogens (primary N) is 1. The van der Waals surface area contributed by atoms with Gasteiger partial charge in [-0.25, -0.2) is 0 Å². The van der Waals surface area contributed by atoms with E-state index in [-0.39, 0.29) is 18.6 Å². The number of hydrogen-bond donors (Lipinski definition) is 1. The van der Waals surface area contributed by atoms with Gasteiger partial charge in [-0.3, -0.25) is 4.79 Å². The normalized spacial score (nSPS) is 12.0. The molecule has 0 aliphatic carbocycles. The van der Waals surface area contributed by atoms with E-state index in [1.807, 2.05) is 24.3 Å². The number of likely N-dealkylation sites (N-methyl/N-ethyl adjacent to an activating group) is 1. The van der Waals surface area contributed by atoms with Crippen molar-refractivity contribution in [1.82, 2.24) is 4.90 Å². The molecule has 1 unspecified atom stereocenters. The molecule has 0 saturated heterocycles. The van der Waals surface area contributed by atoms with Crippen molar-refractivity contribution >= 4 is 5.91 Å². The first-order chi connectivity index (χ1) is 8.54. The molecule has 1 atom stereocenters. The molecule has 100 valence electrons. The van der Waals surface area contributed by atoms with Crippen LogP contribution >= 0.6 is 0 Å². The van der Waals surface area contributed by atoms with Gasteiger partial charge in [0.25, 0.3) is 5.91 Å². The first kappa shape index (κ1) is 14.5. The molecule has 0 radical (unpaired) electrons. The highest BCUT2D eigenvalue weighted by atomic mass is 16.5. The number of benzene rings is 1. The molecule has 2 N–H and O–H groups in total. The first-order valence-electron chi connectivity index (χ1n) is 6.21. The third-order valence-electron chi connectivity index (χ3n) is 2.83. The van der Waals surface area contributed by atoms with E-state index in [1.165, 1.54) is 4.90 Å². The van der Waals surface area contributed by atoms with Gasteiger partial charge in [-0.15, -0.1) is 0 Å². The van der Waals surface area contributed by atoms with E-state index in [4.69, 9.17) is 10.5 Å². The number of ether oxygens (including phenoxy) is 1. The van der Waals surface area contributed by atoms with E-state index in [2.05, 4.69) is 6.92 Å². The van der Waals surface area contributed by atoms with Crippen LogP contribution in [0.25, 0.3) is 0 Å². The number of rotatable bonds is 6. The minimum Gasteiger partial charge on any atom is -0.483 e. The highest BCUT2D eigenvalue weighted by Crippen LogP contribution is 2.19. The van der Waals surface area contributed by atoms with Crippen LogP contribution in [0.5, 0.6) is 5.75 Å². The standard InChI is InChI=1S/C14H22N2O2/c1-4-12(15)9-11-7-5-6-8-13(11)18-10-14(17)16(2)3/h5-8,12H,4,9-10,15H2,1-3H3. The summed E-state index contributed by atoms with van der Waals surface area (Å²) in [5.41, 5.74) is 7.00. The van der Waals surface area contributed by atoms with E-state index in [9.17, 15) is 4.79 Å². The van der Waals surface area contributed by atoms with Gasteiger partial charge < -0.3 is 15.4 Å². The SMILES string of the molecule is CCC(N)Cc1ccccc1OCC(=O)N(C)C. The number of carbonyl (C=O) groups excluding carboxylic acids is 1. The fourth-order valence-electron chi connectivity index (χ4n) is 1.51. The number of para-hydroxylation sites is 1. The van der Waals surface area contributed by atoms with E-state index in [0.717, 1.165) is 24.2 Å².